The van der Waals surface area contributed by atoms with Crippen molar-refractivity contribution in [3.05, 3.63) is 0 Å². The van der Waals surface area contributed by atoms with Gasteiger partial charge in [0.1, 0.15) is 0 Å². The SMILES string of the molecule is CC1CC(C(=O)O)C(C(=O)NC(C)C2CCCC2)C1. The van der Waals surface area contributed by atoms with Gasteiger partial charge in [-0.05, 0) is 44.4 Å². The van der Waals surface area contributed by atoms with E-state index < -0.39 is 11.9 Å². The number of carbonyl (C=O) groups is 2. The second-order valence-electron chi connectivity index (χ2n) is 6.47. The Balaban J connectivity index is 1.92. The number of nitrogens with one attached hydrogen (secondary N) is 1. The molecule has 108 valence electrons. The van der Waals surface area contributed by atoms with Gasteiger partial charge in [0.15, 0.2) is 0 Å². The van der Waals surface area contributed by atoms with Crippen LogP contribution in [0, 0.1) is 23.7 Å². The van der Waals surface area contributed by atoms with Crippen molar-refractivity contribution in [1.29, 1.82) is 0 Å². The molecule has 0 aliphatic heterocycles. The quantitative estimate of drug-likeness (QED) is 0.822. The van der Waals surface area contributed by atoms with E-state index >= 15 is 0 Å². The topological polar surface area (TPSA) is 66.4 Å². The zero-order valence-electron chi connectivity index (χ0n) is 11.9. The Labute approximate surface area is 115 Å². The van der Waals surface area contributed by atoms with E-state index in [1.807, 2.05) is 6.92 Å². The van der Waals surface area contributed by atoms with Crippen LogP contribution in [0.4, 0.5) is 0 Å². The van der Waals surface area contributed by atoms with Crippen LogP contribution >= 0.6 is 0 Å². The lowest BCUT2D eigenvalue weighted by Gasteiger charge is -2.23. The minimum Gasteiger partial charge on any atom is -0.481 e. The first-order valence-corrected chi connectivity index (χ1v) is 7.52. The van der Waals surface area contributed by atoms with Crippen molar-refractivity contribution in [2.45, 2.75) is 58.4 Å². The van der Waals surface area contributed by atoms with Gasteiger partial charge < -0.3 is 10.4 Å². The molecule has 2 aliphatic carbocycles. The fraction of sp³-hybridized carbons (Fsp3) is 0.867. The number of carboxylic acids is 1. The third-order valence-electron chi connectivity index (χ3n) is 4.93. The summed E-state index contributed by atoms with van der Waals surface area (Å²) in [6.45, 7) is 4.09. The minimum atomic E-state index is -0.821. The van der Waals surface area contributed by atoms with Crippen molar-refractivity contribution >= 4 is 11.9 Å². The van der Waals surface area contributed by atoms with Crippen LogP contribution in [0.5, 0.6) is 0 Å². The molecule has 0 bridgehead atoms. The van der Waals surface area contributed by atoms with E-state index in [1.54, 1.807) is 0 Å². The lowest BCUT2D eigenvalue weighted by Crippen LogP contribution is -2.42. The number of carboxylic acid groups (broad SMARTS) is 1. The molecule has 4 atom stereocenters. The van der Waals surface area contributed by atoms with E-state index in [9.17, 15) is 14.7 Å². The maximum Gasteiger partial charge on any atom is 0.307 e. The van der Waals surface area contributed by atoms with Gasteiger partial charge in [-0.3, -0.25) is 9.59 Å². The Kier molecular flexibility index (Phi) is 4.48. The van der Waals surface area contributed by atoms with Crippen LogP contribution in [0.25, 0.3) is 0 Å². The number of hydrogen-bond acceptors (Lipinski definition) is 2. The summed E-state index contributed by atoms with van der Waals surface area (Å²) < 4.78 is 0. The average Bonchev–Trinajstić information content (AvgIpc) is 2.96. The normalized spacial score (nSPS) is 33.3. The van der Waals surface area contributed by atoms with Gasteiger partial charge in [0.25, 0.3) is 0 Å². The molecular weight excluding hydrogens is 242 g/mol. The predicted octanol–water partition coefficient (Wildman–Crippen LogP) is 2.43. The lowest BCUT2D eigenvalue weighted by molar-refractivity contribution is -0.146. The highest BCUT2D eigenvalue weighted by Gasteiger charge is 2.41. The number of amides is 1. The summed E-state index contributed by atoms with van der Waals surface area (Å²) in [4.78, 5) is 23.5. The predicted molar refractivity (Wildman–Crippen MR) is 72.6 cm³/mol. The van der Waals surface area contributed by atoms with Crippen LogP contribution in [0.3, 0.4) is 0 Å². The lowest BCUT2D eigenvalue weighted by atomic mass is 9.93. The number of aliphatic carboxylic acids is 1. The van der Waals surface area contributed by atoms with Crippen LogP contribution in [-0.2, 0) is 9.59 Å². The van der Waals surface area contributed by atoms with Crippen LogP contribution < -0.4 is 5.32 Å². The first-order valence-electron chi connectivity index (χ1n) is 7.52. The Morgan fingerprint density at radius 2 is 1.74 bits per heavy atom. The van der Waals surface area contributed by atoms with E-state index in [0.717, 1.165) is 0 Å². The van der Waals surface area contributed by atoms with Gasteiger partial charge in [-0.2, -0.15) is 0 Å². The van der Waals surface area contributed by atoms with E-state index in [-0.39, 0.29) is 17.9 Å². The molecule has 4 unspecified atom stereocenters. The summed E-state index contributed by atoms with van der Waals surface area (Å²) in [5, 5.41) is 12.3. The molecule has 2 N–H and O–H groups in total. The third kappa shape index (κ3) is 3.28. The number of rotatable bonds is 4. The van der Waals surface area contributed by atoms with E-state index in [0.29, 0.717) is 24.7 Å². The standard InChI is InChI=1S/C15H25NO3/c1-9-7-12(13(8-9)15(18)19)14(17)16-10(2)11-5-3-4-6-11/h9-13H,3-8H2,1-2H3,(H,16,17)(H,18,19). The van der Waals surface area contributed by atoms with Gasteiger partial charge in [-0.1, -0.05) is 19.8 Å². The van der Waals surface area contributed by atoms with E-state index in [4.69, 9.17) is 0 Å². The van der Waals surface area contributed by atoms with Crippen LogP contribution in [0.15, 0.2) is 0 Å². The molecule has 0 aromatic heterocycles. The largest absolute Gasteiger partial charge is 0.481 e. The van der Waals surface area contributed by atoms with Crippen LogP contribution in [0.2, 0.25) is 0 Å². The molecule has 0 spiro atoms. The van der Waals surface area contributed by atoms with Crippen LogP contribution in [-0.4, -0.2) is 23.0 Å². The Morgan fingerprint density at radius 1 is 1.16 bits per heavy atom. The van der Waals surface area contributed by atoms with Crippen molar-refractivity contribution in [3.8, 4) is 0 Å². The third-order valence-corrected chi connectivity index (χ3v) is 4.93. The molecule has 4 heteroatoms. The zero-order valence-corrected chi connectivity index (χ0v) is 11.9. The number of hydrogen-bond donors (Lipinski definition) is 2. The summed E-state index contributed by atoms with van der Waals surface area (Å²) in [7, 11) is 0. The molecule has 2 fully saturated rings. The molecule has 2 aliphatic rings. The number of carbonyl (C=O) groups excluding carboxylic acids is 1. The summed E-state index contributed by atoms with van der Waals surface area (Å²) in [5.41, 5.74) is 0. The highest BCUT2D eigenvalue weighted by Crippen LogP contribution is 2.37. The summed E-state index contributed by atoms with van der Waals surface area (Å²) >= 11 is 0. The molecule has 19 heavy (non-hydrogen) atoms. The molecule has 2 saturated carbocycles. The van der Waals surface area contributed by atoms with Crippen molar-refractivity contribution in [3.63, 3.8) is 0 Å². The second-order valence-corrected chi connectivity index (χ2v) is 6.47. The van der Waals surface area contributed by atoms with Gasteiger partial charge in [-0.15, -0.1) is 0 Å². The fourth-order valence-electron chi connectivity index (χ4n) is 3.76. The molecule has 2 rings (SSSR count). The smallest absolute Gasteiger partial charge is 0.307 e. The van der Waals surface area contributed by atoms with Gasteiger partial charge in [0.2, 0.25) is 5.91 Å². The molecule has 0 aromatic rings. The van der Waals surface area contributed by atoms with Crippen molar-refractivity contribution < 1.29 is 14.7 Å². The minimum absolute atomic E-state index is 0.0452. The maximum absolute atomic E-state index is 12.3. The first kappa shape index (κ1) is 14.4. The van der Waals surface area contributed by atoms with E-state index in [2.05, 4.69) is 12.2 Å². The molecule has 0 aromatic carbocycles. The second kappa shape index (κ2) is 5.93. The van der Waals surface area contributed by atoms with Gasteiger partial charge in [-0.25, -0.2) is 0 Å². The molecular formula is C15H25NO3. The van der Waals surface area contributed by atoms with E-state index in [1.165, 1.54) is 25.7 Å². The molecule has 0 radical (unpaired) electrons. The summed E-state index contributed by atoms with van der Waals surface area (Å²) in [6.07, 6.45) is 6.22. The fourth-order valence-corrected chi connectivity index (χ4v) is 3.76. The Hall–Kier alpha value is -1.06. The highest BCUT2D eigenvalue weighted by molar-refractivity contribution is 5.85. The van der Waals surface area contributed by atoms with Crippen LogP contribution in [0.1, 0.15) is 52.4 Å². The average molecular weight is 267 g/mol. The van der Waals surface area contributed by atoms with Gasteiger partial charge >= 0.3 is 5.97 Å². The molecule has 0 saturated heterocycles. The Morgan fingerprint density at radius 3 is 2.32 bits per heavy atom. The maximum atomic E-state index is 12.3. The highest BCUT2D eigenvalue weighted by atomic mass is 16.4. The zero-order chi connectivity index (χ0) is 14.0. The van der Waals surface area contributed by atoms with Crippen molar-refractivity contribution in [1.82, 2.24) is 5.32 Å². The molecule has 1 amide bonds. The summed E-state index contributed by atoms with van der Waals surface area (Å²) in [6, 6.07) is 0.181. The Bertz CT molecular complexity index is 349. The monoisotopic (exact) mass is 267 g/mol. The molecule has 0 heterocycles. The van der Waals surface area contributed by atoms with Crippen molar-refractivity contribution in [2.75, 3.05) is 0 Å². The van der Waals surface area contributed by atoms with Gasteiger partial charge in [0.05, 0.1) is 11.8 Å². The van der Waals surface area contributed by atoms with Crippen molar-refractivity contribution in [2.24, 2.45) is 23.7 Å². The first-order chi connectivity index (χ1) is 8.99. The van der Waals surface area contributed by atoms with Gasteiger partial charge in [0, 0.05) is 6.04 Å². The molecule has 4 nitrogen and oxygen atoms in total. The summed E-state index contributed by atoms with van der Waals surface area (Å²) in [5.74, 6) is -0.791.